The molecule has 4 nitrogen and oxygen atoms in total. The molecule has 0 aliphatic heterocycles. The second kappa shape index (κ2) is 7.06. The molecule has 2 aromatic rings. The van der Waals surface area contributed by atoms with Crippen molar-refractivity contribution >= 4 is 63.1 Å². The van der Waals surface area contributed by atoms with E-state index in [1.165, 1.54) is 12.1 Å². The van der Waals surface area contributed by atoms with E-state index in [1.807, 2.05) is 12.1 Å². The number of rotatable bonds is 2. The fourth-order valence-corrected chi connectivity index (χ4v) is 2.58. The van der Waals surface area contributed by atoms with Crippen molar-refractivity contribution in [1.82, 2.24) is 5.32 Å². The number of amides is 1. The molecule has 0 saturated heterocycles. The Morgan fingerprint density at radius 1 is 1.24 bits per heavy atom. The maximum Gasteiger partial charge on any atom is 0.258 e. The SMILES string of the molecule is O=C(NC(=S)Nc1cc(Cl)ccc1O)c1ccccc1I. The summed E-state index contributed by atoms with van der Waals surface area (Å²) >= 11 is 13.0. The summed E-state index contributed by atoms with van der Waals surface area (Å²) in [4.78, 5) is 12.1. The first-order chi connectivity index (χ1) is 9.97. The van der Waals surface area contributed by atoms with Gasteiger partial charge in [-0.15, -0.1) is 0 Å². The van der Waals surface area contributed by atoms with E-state index in [-0.39, 0.29) is 16.8 Å². The lowest BCUT2D eigenvalue weighted by Crippen LogP contribution is -2.34. The molecule has 21 heavy (non-hydrogen) atoms. The zero-order chi connectivity index (χ0) is 15.4. The van der Waals surface area contributed by atoms with Crippen molar-refractivity contribution in [2.24, 2.45) is 0 Å². The van der Waals surface area contributed by atoms with E-state index in [1.54, 1.807) is 18.2 Å². The third-order valence-corrected chi connectivity index (χ3v) is 3.93. The van der Waals surface area contributed by atoms with Crippen molar-refractivity contribution in [1.29, 1.82) is 0 Å². The van der Waals surface area contributed by atoms with Crippen LogP contribution >= 0.6 is 46.4 Å². The van der Waals surface area contributed by atoms with Crippen LogP contribution in [0.15, 0.2) is 42.5 Å². The Bertz CT molecular complexity index is 709. The first-order valence-corrected chi connectivity index (χ1v) is 7.69. The number of nitrogens with one attached hydrogen (secondary N) is 2. The van der Waals surface area contributed by atoms with Crippen LogP contribution in [-0.2, 0) is 0 Å². The average Bonchev–Trinajstić information content (AvgIpc) is 2.43. The summed E-state index contributed by atoms with van der Waals surface area (Å²) in [7, 11) is 0. The Morgan fingerprint density at radius 2 is 1.95 bits per heavy atom. The predicted octanol–water partition coefficient (Wildman–Crippen LogP) is 3.78. The van der Waals surface area contributed by atoms with Gasteiger partial charge in [-0.2, -0.15) is 0 Å². The monoisotopic (exact) mass is 432 g/mol. The molecule has 7 heteroatoms. The molecule has 2 rings (SSSR count). The minimum Gasteiger partial charge on any atom is -0.506 e. The Labute approximate surface area is 145 Å². The molecule has 0 aliphatic rings. The molecule has 0 fully saturated rings. The van der Waals surface area contributed by atoms with Gasteiger partial charge < -0.3 is 10.4 Å². The maximum atomic E-state index is 12.1. The van der Waals surface area contributed by atoms with E-state index in [2.05, 4.69) is 33.2 Å². The highest BCUT2D eigenvalue weighted by Gasteiger charge is 2.12. The van der Waals surface area contributed by atoms with Gasteiger partial charge in [0.2, 0.25) is 0 Å². The molecule has 0 bridgehead atoms. The lowest BCUT2D eigenvalue weighted by Gasteiger charge is -2.11. The Hall–Kier alpha value is -1.38. The number of anilines is 1. The maximum absolute atomic E-state index is 12.1. The molecule has 0 atom stereocenters. The van der Waals surface area contributed by atoms with Gasteiger partial charge in [-0.25, -0.2) is 0 Å². The molecule has 0 unspecified atom stereocenters. The van der Waals surface area contributed by atoms with E-state index in [0.29, 0.717) is 16.3 Å². The smallest absolute Gasteiger partial charge is 0.258 e. The van der Waals surface area contributed by atoms with Crippen molar-refractivity contribution in [3.8, 4) is 5.75 Å². The summed E-state index contributed by atoms with van der Waals surface area (Å²) in [6.07, 6.45) is 0. The number of phenolic OH excluding ortho intramolecular Hbond substituents is 1. The topological polar surface area (TPSA) is 61.4 Å². The molecule has 0 radical (unpaired) electrons. The number of hydrogen-bond donors (Lipinski definition) is 3. The van der Waals surface area contributed by atoms with E-state index < -0.39 is 0 Å². The standard InChI is InChI=1S/C14H10ClIN2O2S/c15-8-5-6-12(19)11(7-8)17-14(21)18-13(20)9-3-1-2-4-10(9)16/h1-7,19H,(H2,17,18,20,21). The second-order valence-corrected chi connectivity index (χ2v) is 6.06. The number of hydrogen-bond acceptors (Lipinski definition) is 3. The van der Waals surface area contributed by atoms with Crippen LogP contribution in [0, 0.1) is 3.57 Å². The number of thiocarbonyl (C=S) groups is 1. The molecule has 2 aromatic carbocycles. The van der Waals surface area contributed by atoms with Gasteiger partial charge in [-0.3, -0.25) is 10.1 Å². The molecular weight excluding hydrogens is 423 g/mol. The van der Waals surface area contributed by atoms with E-state index in [0.717, 1.165) is 3.57 Å². The Morgan fingerprint density at radius 3 is 2.67 bits per heavy atom. The highest BCUT2D eigenvalue weighted by molar-refractivity contribution is 14.1. The van der Waals surface area contributed by atoms with E-state index >= 15 is 0 Å². The normalized spacial score (nSPS) is 10.0. The quantitative estimate of drug-likeness (QED) is 0.384. The molecular formula is C14H10ClIN2O2S. The Kier molecular flexibility index (Phi) is 5.38. The van der Waals surface area contributed by atoms with Crippen LogP contribution in [0.1, 0.15) is 10.4 Å². The predicted molar refractivity (Wildman–Crippen MR) is 96.0 cm³/mol. The highest BCUT2D eigenvalue weighted by atomic mass is 127. The van der Waals surface area contributed by atoms with Gasteiger partial charge in [0, 0.05) is 8.59 Å². The van der Waals surface area contributed by atoms with Gasteiger partial charge in [-0.1, -0.05) is 23.7 Å². The third kappa shape index (κ3) is 4.29. The van der Waals surface area contributed by atoms with Crippen molar-refractivity contribution in [3.05, 3.63) is 56.6 Å². The summed E-state index contributed by atoms with van der Waals surface area (Å²) in [5.74, 6) is -0.329. The number of halogens is 2. The molecule has 0 heterocycles. The van der Waals surface area contributed by atoms with Crippen molar-refractivity contribution < 1.29 is 9.90 Å². The van der Waals surface area contributed by atoms with Crippen LogP contribution < -0.4 is 10.6 Å². The first kappa shape index (κ1) is 16.0. The molecule has 0 saturated carbocycles. The van der Waals surface area contributed by atoms with Gasteiger partial charge in [-0.05, 0) is 65.1 Å². The minimum atomic E-state index is -0.320. The summed E-state index contributed by atoms with van der Waals surface area (Å²) in [6, 6.07) is 11.7. The Balaban J connectivity index is 2.07. The van der Waals surface area contributed by atoms with E-state index in [9.17, 15) is 9.90 Å². The number of aromatic hydroxyl groups is 1. The number of phenols is 1. The van der Waals surface area contributed by atoms with E-state index in [4.69, 9.17) is 23.8 Å². The molecule has 0 aromatic heterocycles. The van der Waals surface area contributed by atoms with Crippen LogP contribution in [0.4, 0.5) is 5.69 Å². The highest BCUT2D eigenvalue weighted by Crippen LogP contribution is 2.26. The zero-order valence-electron chi connectivity index (χ0n) is 10.6. The average molecular weight is 433 g/mol. The van der Waals surface area contributed by atoms with Crippen LogP contribution in [0.25, 0.3) is 0 Å². The molecule has 108 valence electrons. The van der Waals surface area contributed by atoms with Gasteiger partial charge in [0.25, 0.3) is 5.91 Å². The number of benzene rings is 2. The summed E-state index contributed by atoms with van der Waals surface area (Å²) < 4.78 is 0.820. The molecule has 0 aliphatic carbocycles. The minimum absolute atomic E-state index is 0.00899. The van der Waals surface area contributed by atoms with Crippen molar-refractivity contribution in [2.75, 3.05) is 5.32 Å². The summed E-state index contributed by atoms with van der Waals surface area (Å²) in [5, 5.41) is 15.5. The molecule has 3 N–H and O–H groups in total. The van der Waals surface area contributed by atoms with Gasteiger partial charge in [0.15, 0.2) is 5.11 Å². The summed E-state index contributed by atoms with van der Waals surface area (Å²) in [5.41, 5.74) is 0.855. The van der Waals surface area contributed by atoms with Crippen LogP contribution in [0.2, 0.25) is 5.02 Å². The third-order valence-electron chi connectivity index (χ3n) is 2.55. The lowest BCUT2D eigenvalue weighted by molar-refractivity contribution is 0.0977. The van der Waals surface area contributed by atoms with Gasteiger partial charge >= 0.3 is 0 Å². The number of carbonyl (C=O) groups excluding carboxylic acids is 1. The fraction of sp³-hybridized carbons (Fsp3) is 0. The van der Waals surface area contributed by atoms with Crippen LogP contribution in [0.5, 0.6) is 5.75 Å². The van der Waals surface area contributed by atoms with Gasteiger partial charge in [0.05, 0.1) is 11.3 Å². The van der Waals surface area contributed by atoms with Gasteiger partial charge in [0.1, 0.15) is 5.75 Å². The van der Waals surface area contributed by atoms with Crippen molar-refractivity contribution in [2.45, 2.75) is 0 Å². The van der Waals surface area contributed by atoms with Crippen molar-refractivity contribution in [3.63, 3.8) is 0 Å². The first-order valence-electron chi connectivity index (χ1n) is 5.83. The van der Waals surface area contributed by atoms with Crippen LogP contribution in [0.3, 0.4) is 0 Å². The van der Waals surface area contributed by atoms with Crippen LogP contribution in [-0.4, -0.2) is 16.1 Å². The lowest BCUT2D eigenvalue weighted by atomic mass is 10.2. The largest absolute Gasteiger partial charge is 0.506 e. The second-order valence-electron chi connectivity index (χ2n) is 4.05. The molecule has 1 amide bonds. The summed E-state index contributed by atoms with van der Waals surface area (Å²) in [6.45, 7) is 0. The molecule has 0 spiro atoms. The fourth-order valence-electron chi connectivity index (χ4n) is 1.58. The zero-order valence-corrected chi connectivity index (χ0v) is 14.3. The number of carbonyl (C=O) groups is 1.